The van der Waals surface area contributed by atoms with Gasteiger partial charge in [-0.05, 0) is 72.0 Å². The summed E-state index contributed by atoms with van der Waals surface area (Å²) in [6.07, 6.45) is 0. The highest BCUT2D eigenvalue weighted by molar-refractivity contribution is 9.10. The number of aryl methyl sites for hydroxylation is 1. The Balaban J connectivity index is 2.28. The summed E-state index contributed by atoms with van der Waals surface area (Å²) in [5, 5.41) is 0. The first kappa shape index (κ1) is 18.6. The monoisotopic (exact) mass is 396 g/mol. The van der Waals surface area contributed by atoms with E-state index in [-0.39, 0.29) is 5.75 Å². The third-order valence-corrected chi connectivity index (χ3v) is 3.98. The molecule has 0 heterocycles. The molecular weight excluding hydrogens is 378 g/mol. The number of halogens is 3. The van der Waals surface area contributed by atoms with Crippen LogP contribution in [0.1, 0.15) is 29.2 Å². The summed E-state index contributed by atoms with van der Waals surface area (Å²) < 4.78 is 35.6. The molecule has 0 unspecified atom stereocenters. The normalized spacial score (nSPS) is 10.9. The van der Waals surface area contributed by atoms with Crippen LogP contribution in [0.4, 0.5) is 8.78 Å². The largest absolute Gasteiger partial charge is 0.435 e. The minimum atomic E-state index is -2.83. The van der Waals surface area contributed by atoms with Crippen LogP contribution in [-0.4, -0.2) is 13.2 Å². The molecule has 0 fully saturated rings. The number of hydrogen-bond acceptors (Lipinski definition) is 2. The van der Waals surface area contributed by atoms with Crippen molar-refractivity contribution in [2.75, 3.05) is 6.61 Å². The van der Waals surface area contributed by atoms with E-state index in [1.54, 1.807) is 25.1 Å². The number of hydrogen-bond donors (Lipinski definition) is 0. The average molecular weight is 397 g/mol. The molecule has 24 heavy (non-hydrogen) atoms. The molecule has 0 N–H and O–H groups in total. The fraction of sp³-hybridized carbons (Fsp3) is 0.263. The van der Waals surface area contributed by atoms with Gasteiger partial charge in [-0.15, -0.1) is 0 Å². The SMILES string of the molecule is C=C(c1cc(Br)cc(COCC)c1)c1ccc(OC(F)F)c(C)c1. The third kappa shape index (κ3) is 4.89. The maximum Gasteiger partial charge on any atom is 0.387 e. The van der Waals surface area contributed by atoms with E-state index in [2.05, 4.69) is 27.2 Å². The standard InChI is InChI=1S/C19H19BrF2O2/c1-4-23-11-14-8-16(10-17(20)9-14)13(3)15-5-6-18(12(2)7-15)24-19(21)22/h5-10,19H,3-4,11H2,1-2H3. The Hall–Kier alpha value is -1.72. The molecule has 0 spiro atoms. The topological polar surface area (TPSA) is 18.5 Å². The van der Waals surface area contributed by atoms with Crippen LogP contribution in [0.25, 0.3) is 5.57 Å². The van der Waals surface area contributed by atoms with Crippen molar-refractivity contribution in [3.63, 3.8) is 0 Å². The van der Waals surface area contributed by atoms with Gasteiger partial charge in [0.1, 0.15) is 5.75 Å². The van der Waals surface area contributed by atoms with Gasteiger partial charge in [0.25, 0.3) is 0 Å². The molecular formula is C19H19BrF2O2. The van der Waals surface area contributed by atoms with Crippen molar-refractivity contribution in [3.8, 4) is 5.75 Å². The third-order valence-electron chi connectivity index (χ3n) is 3.52. The zero-order chi connectivity index (χ0) is 17.7. The summed E-state index contributed by atoms with van der Waals surface area (Å²) >= 11 is 3.50. The minimum absolute atomic E-state index is 0.174. The molecule has 5 heteroatoms. The zero-order valence-electron chi connectivity index (χ0n) is 13.6. The van der Waals surface area contributed by atoms with Gasteiger partial charge >= 0.3 is 6.61 Å². The Morgan fingerprint density at radius 2 is 1.92 bits per heavy atom. The first-order chi connectivity index (χ1) is 11.4. The number of rotatable bonds is 7. The lowest BCUT2D eigenvalue weighted by Crippen LogP contribution is -2.03. The van der Waals surface area contributed by atoms with Gasteiger partial charge in [-0.3, -0.25) is 0 Å². The van der Waals surface area contributed by atoms with Gasteiger partial charge < -0.3 is 9.47 Å². The first-order valence-corrected chi connectivity index (χ1v) is 8.32. The Kier molecular flexibility index (Phi) is 6.52. The summed E-state index contributed by atoms with van der Waals surface area (Å²) in [7, 11) is 0. The van der Waals surface area contributed by atoms with Crippen LogP contribution in [0.2, 0.25) is 0 Å². The van der Waals surface area contributed by atoms with Crippen LogP contribution in [0.5, 0.6) is 5.75 Å². The first-order valence-electron chi connectivity index (χ1n) is 7.53. The second-order valence-electron chi connectivity index (χ2n) is 5.32. The van der Waals surface area contributed by atoms with E-state index < -0.39 is 6.61 Å². The van der Waals surface area contributed by atoms with Crippen molar-refractivity contribution in [2.24, 2.45) is 0 Å². The number of benzene rings is 2. The van der Waals surface area contributed by atoms with Crippen LogP contribution in [0.3, 0.4) is 0 Å². The van der Waals surface area contributed by atoms with Crippen molar-refractivity contribution in [3.05, 3.63) is 69.7 Å². The predicted molar refractivity (Wildman–Crippen MR) is 95.4 cm³/mol. The highest BCUT2D eigenvalue weighted by atomic mass is 79.9. The Morgan fingerprint density at radius 1 is 1.17 bits per heavy atom. The Morgan fingerprint density at radius 3 is 2.54 bits per heavy atom. The molecule has 2 nitrogen and oxygen atoms in total. The van der Waals surface area contributed by atoms with E-state index in [9.17, 15) is 8.78 Å². The Labute approximate surface area is 149 Å². The molecule has 0 amide bonds. The van der Waals surface area contributed by atoms with Gasteiger partial charge in [-0.1, -0.05) is 28.6 Å². The van der Waals surface area contributed by atoms with E-state index >= 15 is 0 Å². The molecule has 128 valence electrons. The molecule has 2 aromatic carbocycles. The summed E-state index contributed by atoms with van der Waals surface area (Å²) in [6.45, 7) is 6.16. The molecule has 0 bridgehead atoms. The minimum Gasteiger partial charge on any atom is -0.435 e. The van der Waals surface area contributed by atoms with E-state index in [1.165, 1.54) is 0 Å². The van der Waals surface area contributed by atoms with Crippen LogP contribution in [0, 0.1) is 6.92 Å². The van der Waals surface area contributed by atoms with Gasteiger partial charge in [-0.2, -0.15) is 8.78 Å². The summed E-state index contributed by atoms with van der Waals surface area (Å²) in [5.41, 5.74) is 4.28. The fourth-order valence-electron chi connectivity index (χ4n) is 2.36. The molecule has 0 atom stereocenters. The molecule has 0 saturated carbocycles. The predicted octanol–water partition coefficient (Wildman–Crippen LogP) is 5.96. The summed E-state index contributed by atoms with van der Waals surface area (Å²) in [4.78, 5) is 0. The zero-order valence-corrected chi connectivity index (χ0v) is 15.2. The highest BCUT2D eigenvalue weighted by Crippen LogP contribution is 2.29. The second-order valence-corrected chi connectivity index (χ2v) is 6.24. The number of alkyl halides is 2. The molecule has 0 aliphatic rings. The molecule has 0 saturated heterocycles. The van der Waals surface area contributed by atoms with Crippen molar-refractivity contribution < 1.29 is 18.3 Å². The van der Waals surface area contributed by atoms with Crippen LogP contribution >= 0.6 is 15.9 Å². The van der Waals surface area contributed by atoms with Crippen molar-refractivity contribution in [1.29, 1.82) is 0 Å². The molecule has 0 aliphatic heterocycles. The molecule has 0 aromatic heterocycles. The highest BCUT2D eigenvalue weighted by Gasteiger charge is 2.11. The van der Waals surface area contributed by atoms with Gasteiger partial charge in [0.15, 0.2) is 0 Å². The van der Waals surface area contributed by atoms with E-state index in [0.717, 1.165) is 26.7 Å². The average Bonchev–Trinajstić information content (AvgIpc) is 2.53. The van der Waals surface area contributed by atoms with Crippen LogP contribution in [-0.2, 0) is 11.3 Å². The lowest BCUT2D eigenvalue weighted by atomic mass is 9.96. The van der Waals surface area contributed by atoms with Crippen LogP contribution < -0.4 is 4.74 Å². The fourth-order valence-corrected chi connectivity index (χ4v) is 2.90. The molecule has 0 aliphatic carbocycles. The lowest BCUT2D eigenvalue weighted by molar-refractivity contribution is -0.0502. The quantitative estimate of drug-likeness (QED) is 0.574. The molecule has 2 rings (SSSR count). The van der Waals surface area contributed by atoms with E-state index in [0.29, 0.717) is 18.8 Å². The summed E-state index contributed by atoms with van der Waals surface area (Å²) in [6, 6.07) is 11.1. The smallest absolute Gasteiger partial charge is 0.387 e. The van der Waals surface area contributed by atoms with Crippen molar-refractivity contribution >= 4 is 21.5 Å². The summed E-state index contributed by atoms with van der Waals surface area (Å²) in [5.74, 6) is 0.174. The van der Waals surface area contributed by atoms with E-state index in [4.69, 9.17) is 4.74 Å². The van der Waals surface area contributed by atoms with Gasteiger partial charge in [0, 0.05) is 11.1 Å². The number of ether oxygens (including phenoxy) is 2. The lowest BCUT2D eigenvalue weighted by Gasteiger charge is -2.13. The van der Waals surface area contributed by atoms with Crippen LogP contribution in [0.15, 0.2) is 47.4 Å². The van der Waals surface area contributed by atoms with Crippen molar-refractivity contribution in [2.45, 2.75) is 27.1 Å². The van der Waals surface area contributed by atoms with Gasteiger partial charge in [-0.25, -0.2) is 0 Å². The second kappa shape index (κ2) is 8.40. The van der Waals surface area contributed by atoms with Gasteiger partial charge in [0.2, 0.25) is 0 Å². The Bertz CT molecular complexity index is 729. The van der Waals surface area contributed by atoms with Gasteiger partial charge in [0.05, 0.1) is 6.61 Å². The van der Waals surface area contributed by atoms with Crippen molar-refractivity contribution in [1.82, 2.24) is 0 Å². The maximum absolute atomic E-state index is 12.4. The van der Waals surface area contributed by atoms with E-state index in [1.807, 2.05) is 25.1 Å². The molecule has 2 aromatic rings. The molecule has 0 radical (unpaired) electrons. The maximum atomic E-state index is 12.4.